The third-order valence-corrected chi connectivity index (χ3v) is 3.14. The lowest BCUT2D eigenvalue weighted by atomic mass is 10.00. The van der Waals surface area contributed by atoms with Crippen LogP contribution in [0, 0.1) is 11.8 Å². The first-order valence-corrected chi connectivity index (χ1v) is 6.09. The Morgan fingerprint density at radius 1 is 1.59 bits per heavy atom. The van der Waals surface area contributed by atoms with Crippen molar-refractivity contribution in [2.75, 3.05) is 6.61 Å². The zero-order chi connectivity index (χ0) is 13.0. The largest absolute Gasteiger partial charge is 0.447 e. The van der Waals surface area contributed by atoms with Gasteiger partial charge in [0.05, 0.1) is 6.04 Å². The number of hydrogen-bond donors (Lipinski definition) is 0. The zero-order valence-electron chi connectivity index (χ0n) is 10.8. The van der Waals surface area contributed by atoms with Crippen LogP contribution < -0.4 is 0 Å². The summed E-state index contributed by atoms with van der Waals surface area (Å²) in [5, 5.41) is 0. The fraction of sp³-hybridized carbons (Fsp3) is 0.692. The lowest BCUT2D eigenvalue weighted by Gasteiger charge is -2.25. The molecule has 0 aromatic rings. The molecule has 4 heteroatoms. The fourth-order valence-corrected chi connectivity index (χ4v) is 1.91. The quantitative estimate of drug-likeness (QED) is 0.693. The van der Waals surface area contributed by atoms with Crippen LogP contribution in [0.5, 0.6) is 0 Å². The maximum absolute atomic E-state index is 12.2. The number of carbonyl (C=O) groups excluding carboxylic acids is 2. The van der Waals surface area contributed by atoms with Gasteiger partial charge in [-0.15, -0.1) is 6.58 Å². The summed E-state index contributed by atoms with van der Waals surface area (Å²) in [6.07, 6.45) is 2.78. The second kappa shape index (κ2) is 5.84. The molecule has 4 nitrogen and oxygen atoms in total. The highest BCUT2D eigenvalue weighted by molar-refractivity contribution is 5.94. The SMILES string of the molecule is C=CCC[C@@H](C)C(=O)N1C(=O)OC[C@H]1C(C)C. The Morgan fingerprint density at radius 2 is 2.24 bits per heavy atom. The van der Waals surface area contributed by atoms with Gasteiger partial charge in [0.25, 0.3) is 0 Å². The zero-order valence-corrected chi connectivity index (χ0v) is 10.8. The first-order valence-electron chi connectivity index (χ1n) is 6.09. The van der Waals surface area contributed by atoms with Gasteiger partial charge in [-0.1, -0.05) is 26.8 Å². The van der Waals surface area contributed by atoms with Crippen molar-refractivity contribution < 1.29 is 14.3 Å². The van der Waals surface area contributed by atoms with Gasteiger partial charge in [0.2, 0.25) is 5.91 Å². The molecule has 17 heavy (non-hydrogen) atoms. The van der Waals surface area contributed by atoms with Crippen LogP contribution >= 0.6 is 0 Å². The average Bonchev–Trinajstić information content (AvgIpc) is 2.67. The Balaban J connectivity index is 2.71. The summed E-state index contributed by atoms with van der Waals surface area (Å²) in [5.41, 5.74) is 0. The minimum absolute atomic E-state index is 0.124. The highest BCUT2D eigenvalue weighted by Gasteiger charge is 2.40. The van der Waals surface area contributed by atoms with Crippen LogP contribution in [0.15, 0.2) is 12.7 Å². The van der Waals surface area contributed by atoms with Gasteiger partial charge in [-0.3, -0.25) is 4.79 Å². The van der Waals surface area contributed by atoms with E-state index < -0.39 is 6.09 Å². The molecule has 2 amide bonds. The van der Waals surface area contributed by atoms with Crippen LogP contribution in [0.2, 0.25) is 0 Å². The molecular formula is C13H21NO3. The topological polar surface area (TPSA) is 46.6 Å². The Bertz CT molecular complexity index is 312. The first kappa shape index (κ1) is 13.7. The van der Waals surface area contributed by atoms with Gasteiger partial charge in [-0.05, 0) is 18.8 Å². The van der Waals surface area contributed by atoms with E-state index in [1.807, 2.05) is 20.8 Å². The number of imide groups is 1. The van der Waals surface area contributed by atoms with Gasteiger partial charge in [0, 0.05) is 5.92 Å². The molecule has 0 spiro atoms. The third-order valence-electron chi connectivity index (χ3n) is 3.14. The summed E-state index contributed by atoms with van der Waals surface area (Å²) in [7, 11) is 0. The Hall–Kier alpha value is -1.32. The molecule has 0 aromatic heterocycles. The van der Waals surface area contributed by atoms with Gasteiger partial charge in [0.15, 0.2) is 0 Å². The van der Waals surface area contributed by atoms with E-state index in [2.05, 4.69) is 6.58 Å². The minimum Gasteiger partial charge on any atom is -0.447 e. The molecule has 96 valence electrons. The predicted molar refractivity (Wildman–Crippen MR) is 65.4 cm³/mol. The van der Waals surface area contributed by atoms with Crippen molar-refractivity contribution >= 4 is 12.0 Å². The van der Waals surface area contributed by atoms with Crippen LogP contribution in [-0.4, -0.2) is 29.5 Å². The summed E-state index contributed by atoms with van der Waals surface area (Å²) in [6.45, 7) is 9.76. The van der Waals surface area contributed by atoms with E-state index in [1.54, 1.807) is 6.08 Å². The van der Waals surface area contributed by atoms with E-state index in [4.69, 9.17) is 4.74 Å². The standard InChI is InChI=1S/C13H21NO3/c1-5-6-7-10(4)12(15)14-11(9(2)3)8-17-13(14)16/h5,9-11H,1,6-8H2,2-4H3/t10-,11+/m1/s1. The van der Waals surface area contributed by atoms with Crippen LogP contribution in [0.3, 0.4) is 0 Å². The highest BCUT2D eigenvalue weighted by Crippen LogP contribution is 2.23. The van der Waals surface area contributed by atoms with E-state index in [9.17, 15) is 9.59 Å². The van der Waals surface area contributed by atoms with Gasteiger partial charge < -0.3 is 4.74 Å². The smallest absolute Gasteiger partial charge is 0.416 e. The number of nitrogens with zero attached hydrogens (tertiary/aromatic N) is 1. The van der Waals surface area contributed by atoms with Gasteiger partial charge >= 0.3 is 6.09 Å². The van der Waals surface area contributed by atoms with E-state index in [1.165, 1.54) is 4.90 Å². The molecule has 1 aliphatic heterocycles. The summed E-state index contributed by atoms with van der Waals surface area (Å²) in [4.78, 5) is 25.0. The number of ether oxygens (including phenoxy) is 1. The van der Waals surface area contributed by atoms with Crippen molar-refractivity contribution in [2.24, 2.45) is 11.8 Å². The number of amides is 2. The fourth-order valence-electron chi connectivity index (χ4n) is 1.91. The maximum atomic E-state index is 12.2. The van der Waals surface area contributed by atoms with Crippen molar-refractivity contribution in [3.8, 4) is 0 Å². The van der Waals surface area contributed by atoms with Crippen molar-refractivity contribution in [1.82, 2.24) is 4.90 Å². The van der Waals surface area contributed by atoms with Crippen LogP contribution in [0.4, 0.5) is 4.79 Å². The Kier molecular flexibility index (Phi) is 4.73. The Morgan fingerprint density at radius 3 is 2.76 bits per heavy atom. The summed E-state index contributed by atoms with van der Waals surface area (Å²) in [6, 6.07) is -0.124. The minimum atomic E-state index is -0.501. The molecule has 1 aliphatic rings. The predicted octanol–water partition coefficient (Wildman–Crippen LogP) is 2.59. The molecule has 0 aromatic carbocycles. The second-order valence-electron chi connectivity index (χ2n) is 4.86. The van der Waals surface area contributed by atoms with E-state index in [-0.39, 0.29) is 23.8 Å². The van der Waals surface area contributed by atoms with Gasteiger partial charge in [-0.25, -0.2) is 9.69 Å². The van der Waals surface area contributed by atoms with Gasteiger partial charge in [-0.2, -0.15) is 0 Å². The average molecular weight is 239 g/mol. The first-order chi connectivity index (χ1) is 7.99. The lowest BCUT2D eigenvalue weighted by molar-refractivity contribution is -0.133. The van der Waals surface area contributed by atoms with E-state index in [0.29, 0.717) is 6.61 Å². The molecule has 1 fully saturated rings. The number of carbonyl (C=O) groups is 2. The number of hydrogen-bond acceptors (Lipinski definition) is 3. The monoisotopic (exact) mass is 239 g/mol. The highest BCUT2D eigenvalue weighted by atomic mass is 16.6. The number of cyclic esters (lactones) is 1. The molecule has 2 atom stereocenters. The molecule has 0 bridgehead atoms. The van der Waals surface area contributed by atoms with Crippen LogP contribution in [0.1, 0.15) is 33.6 Å². The van der Waals surface area contributed by atoms with Gasteiger partial charge in [0.1, 0.15) is 6.61 Å². The van der Waals surface area contributed by atoms with Crippen molar-refractivity contribution in [3.63, 3.8) is 0 Å². The number of allylic oxidation sites excluding steroid dienone is 1. The van der Waals surface area contributed by atoms with Crippen LogP contribution in [-0.2, 0) is 9.53 Å². The molecule has 0 N–H and O–H groups in total. The van der Waals surface area contributed by atoms with Crippen molar-refractivity contribution in [2.45, 2.75) is 39.7 Å². The molecule has 0 unspecified atom stereocenters. The molecule has 0 radical (unpaired) electrons. The van der Waals surface area contributed by atoms with E-state index in [0.717, 1.165) is 12.8 Å². The molecule has 0 saturated carbocycles. The Labute approximate surface area is 103 Å². The molecule has 0 aliphatic carbocycles. The summed E-state index contributed by atoms with van der Waals surface area (Å²) >= 11 is 0. The van der Waals surface area contributed by atoms with E-state index >= 15 is 0 Å². The number of rotatable bonds is 5. The lowest BCUT2D eigenvalue weighted by Crippen LogP contribution is -2.44. The third kappa shape index (κ3) is 3.08. The second-order valence-corrected chi connectivity index (χ2v) is 4.86. The molecule has 1 rings (SSSR count). The normalized spacial score (nSPS) is 21.5. The van der Waals surface area contributed by atoms with Crippen LogP contribution in [0.25, 0.3) is 0 Å². The van der Waals surface area contributed by atoms with Crippen molar-refractivity contribution in [1.29, 1.82) is 0 Å². The summed E-state index contributed by atoms with van der Waals surface area (Å²) < 4.78 is 4.96. The molecular weight excluding hydrogens is 218 g/mol. The molecule has 1 saturated heterocycles. The van der Waals surface area contributed by atoms with Crippen molar-refractivity contribution in [3.05, 3.63) is 12.7 Å². The maximum Gasteiger partial charge on any atom is 0.416 e. The molecule has 1 heterocycles. The summed E-state index contributed by atoms with van der Waals surface area (Å²) in [5.74, 6) is -0.0787.